The van der Waals surface area contributed by atoms with Gasteiger partial charge in [-0.2, -0.15) is 11.3 Å². The van der Waals surface area contributed by atoms with Crippen LogP contribution < -0.4 is 15.0 Å². The van der Waals surface area contributed by atoms with Crippen molar-refractivity contribution in [3.05, 3.63) is 68.4 Å². The number of aromatic amines is 1. The number of aryl methyl sites for hydroxylation is 1. The second-order valence-electron chi connectivity index (χ2n) is 6.44. The first-order valence-corrected chi connectivity index (χ1v) is 9.95. The van der Waals surface area contributed by atoms with Crippen molar-refractivity contribution in [2.24, 2.45) is 0 Å². The Bertz CT molecular complexity index is 1180. The summed E-state index contributed by atoms with van der Waals surface area (Å²) < 4.78 is 12.3. The van der Waals surface area contributed by atoms with Crippen molar-refractivity contribution in [3.8, 4) is 22.6 Å². The number of ether oxygens (including phenoxy) is 2. The quantitative estimate of drug-likeness (QED) is 0.537. The monoisotopic (exact) mass is 395 g/mol. The summed E-state index contributed by atoms with van der Waals surface area (Å²) >= 11 is 1.64. The maximum absolute atomic E-state index is 12.7. The molecule has 6 nitrogen and oxygen atoms in total. The Kier molecular flexibility index (Phi) is 4.92. The van der Waals surface area contributed by atoms with Gasteiger partial charge in [0, 0.05) is 23.7 Å². The molecular formula is C21H21N3O3S. The van der Waals surface area contributed by atoms with Crippen LogP contribution in [0.15, 0.2) is 45.9 Å². The molecule has 4 rings (SSSR count). The van der Waals surface area contributed by atoms with Crippen molar-refractivity contribution in [2.75, 3.05) is 14.2 Å². The summed E-state index contributed by atoms with van der Waals surface area (Å²) in [5, 5.41) is 7.31. The predicted molar refractivity (Wildman–Crippen MR) is 111 cm³/mol. The summed E-state index contributed by atoms with van der Waals surface area (Å²) in [4.78, 5) is 17.5. The van der Waals surface area contributed by atoms with E-state index in [1.54, 1.807) is 31.6 Å². The zero-order valence-electron chi connectivity index (χ0n) is 16.0. The first-order valence-electron chi connectivity index (χ1n) is 9.01. The molecule has 3 heterocycles. The zero-order valence-corrected chi connectivity index (χ0v) is 16.8. The van der Waals surface area contributed by atoms with E-state index >= 15 is 0 Å². The maximum Gasteiger partial charge on any atom is 0.272 e. The number of rotatable bonds is 6. The number of H-pyrrole nitrogens is 1. The third kappa shape index (κ3) is 3.18. The molecule has 0 fully saturated rings. The van der Waals surface area contributed by atoms with Gasteiger partial charge in [0.15, 0.2) is 17.1 Å². The van der Waals surface area contributed by atoms with Crippen LogP contribution in [-0.4, -0.2) is 28.8 Å². The molecule has 0 aliphatic rings. The molecule has 1 N–H and O–H groups in total. The van der Waals surface area contributed by atoms with E-state index in [4.69, 9.17) is 14.5 Å². The lowest BCUT2D eigenvalue weighted by Gasteiger charge is -2.10. The van der Waals surface area contributed by atoms with Crippen LogP contribution in [0.3, 0.4) is 0 Å². The molecule has 0 radical (unpaired) electrons. The summed E-state index contributed by atoms with van der Waals surface area (Å²) in [5.41, 5.74) is 5.20. The van der Waals surface area contributed by atoms with E-state index in [9.17, 15) is 4.79 Å². The van der Waals surface area contributed by atoms with E-state index in [1.165, 1.54) is 4.52 Å². The van der Waals surface area contributed by atoms with Crippen LogP contribution in [0.5, 0.6) is 11.5 Å². The highest BCUT2D eigenvalue weighted by Gasteiger charge is 2.18. The van der Waals surface area contributed by atoms with Crippen molar-refractivity contribution in [3.63, 3.8) is 0 Å². The Morgan fingerprint density at radius 3 is 2.64 bits per heavy atom. The fraction of sp³-hybridized carbons (Fsp3) is 0.238. The van der Waals surface area contributed by atoms with Crippen LogP contribution in [0.2, 0.25) is 0 Å². The van der Waals surface area contributed by atoms with Gasteiger partial charge >= 0.3 is 0 Å². The number of fused-ring (bicyclic) bond motifs is 1. The molecule has 3 aromatic heterocycles. The Labute approximate surface area is 166 Å². The van der Waals surface area contributed by atoms with Gasteiger partial charge in [-0.1, -0.05) is 13.0 Å². The molecule has 0 saturated heterocycles. The third-order valence-corrected chi connectivity index (χ3v) is 5.47. The lowest BCUT2D eigenvalue weighted by molar-refractivity contribution is 0.355. The van der Waals surface area contributed by atoms with Crippen molar-refractivity contribution < 1.29 is 9.47 Å². The molecule has 4 aromatic rings. The summed E-state index contributed by atoms with van der Waals surface area (Å²) in [6.07, 6.45) is 1.37. The zero-order chi connectivity index (χ0) is 19.7. The molecule has 0 aliphatic carbocycles. The van der Waals surface area contributed by atoms with Crippen LogP contribution in [0.25, 0.3) is 16.8 Å². The lowest BCUT2D eigenvalue weighted by Crippen LogP contribution is -2.15. The Balaban J connectivity index is 1.91. The van der Waals surface area contributed by atoms with Gasteiger partial charge in [-0.15, -0.1) is 0 Å². The molecule has 7 heteroatoms. The average molecular weight is 395 g/mol. The van der Waals surface area contributed by atoms with Gasteiger partial charge in [0.05, 0.1) is 19.9 Å². The van der Waals surface area contributed by atoms with Crippen molar-refractivity contribution in [2.45, 2.75) is 19.8 Å². The number of hydrogen-bond donors (Lipinski definition) is 1. The van der Waals surface area contributed by atoms with E-state index in [0.717, 1.165) is 34.5 Å². The fourth-order valence-electron chi connectivity index (χ4n) is 3.38. The summed E-state index contributed by atoms with van der Waals surface area (Å²) in [5.74, 6) is 1.30. The number of methoxy groups -OCH3 is 2. The number of nitrogens with zero attached hydrogens (tertiary/aromatic N) is 2. The highest BCUT2D eigenvalue weighted by Crippen LogP contribution is 2.35. The van der Waals surface area contributed by atoms with Crippen LogP contribution in [0, 0.1) is 0 Å². The molecule has 0 aliphatic heterocycles. The molecule has 0 atom stereocenters. The van der Waals surface area contributed by atoms with E-state index < -0.39 is 0 Å². The largest absolute Gasteiger partial charge is 0.493 e. The smallest absolute Gasteiger partial charge is 0.272 e. The van der Waals surface area contributed by atoms with Gasteiger partial charge in [0.1, 0.15) is 0 Å². The average Bonchev–Trinajstić information content (AvgIpc) is 3.35. The van der Waals surface area contributed by atoms with Crippen LogP contribution >= 0.6 is 11.3 Å². The number of nitrogens with one attached hydrogen (secondary N) is 1. The van der Waals surface area contributed by atoms with Gasteiger partial charge in [-0.25, -0.2) is 9.50 Å². The summed E-state index contributed by atoms with van der Waals surface area (Å²) in [7, 11) is 3.22. The SMILES string of the molecule is CCc1[nH]n2c(=O)cc(Cc3ccsc3)nc2c1-c1ccc(OC)c(OC)c1. The van der Waals surface area contributed by atoms with Crippen LogP contribution in [-0.2, 0) is 12.8 Å². The lowest BCUT2D eigenvalue weighted by atomic mass is 10.0. The van der Waals surface area contributed by atoms with Crippen molar-refractivity contribution in [1.29, 1.82) is 0 Å². The molecule has 0 bridgehead atoms. The standard InChI is InChI=1S/C21H21N3O3S/c1-4-16-20(14-5-6-17(26-2)18(10-14)27-3)21-22-15(9-13-7-8-28-12-13)11-19(25)24(21)23-16/h5-8,10-12,23H,4,9H2,1-3H3. The minimum absolute atomic E-state index is 0.114. The number of thiophene rings is 1. The molecular weight excluding hydrogens is 374 g/mol. The van der Waals surface area contributed by atoms with Crippen LogP contribution in [0.4, 0.5) is 0 Å². The molecule has 144 valence electrons. The Morgan fingerprint density at radius 1 is 1.14 bits per heavy atom. The van der Waals surface area contributed by atoms with Crippen LogP contribution in [0.1, 0.15) is 23.9 Å². The Morgan fingerprint density at radius 2 is 1.96 bits per heavy atom. The first-order chi connectivity index (χ1) is 13.6. The fourth-order valence-corrected chi connectivity index (χ4v) is 4.04. The predicted octanol–water partition coefficient (Wildman–Crippen LogP) is 3.92. The molecule has 0 unspecified atom stereocenters. The van der Waals surface area contributed by atoms with Gasteiger partial charge < -0.3 is 9.47 Å². The van der Waals surface area contributed by atoms with E-state index in [0.29, 0.717) is 23.6 Å². The normalized spacial score (nSPS) is 11.1. The third-order valence-electron chi connectivity index (χ3n) is 4.74. The first kappa shape index (κ1) is 18.3. The molecule has 28 heavy (non-hydrogen) atoms. The summed E-state index contributed by atoms with van der Waals surface area (Å²) in [6.45, 7) is 2.05. The van der Waals surface area contributed by atoms with Gasteiger partial charge in [0.25, 0.3) is 5.56 Å². The minimum Gasteiger partial charge on any atom is -0.493 e. The topological polar surface area (TPSA) is 68.6 Å². The van der Waals surface area contributed by atoms with E-state index in [-0.39, 0.29) is 5.56 Å². The van der Waals surface area contributed by atoms with Gasteiger partial charge in [0.2, 0.25) is 0 Å². The highest BCUT2D eigenvalue weighted by molar-refractivity contribution is 7.07. The second-order valence-corrected chi connectivity index (χ2v) is 7.22. The van der Waals surface area contributed by atoms with E-state index in [2.05, 4.69) is 16.5 Å². The second kappa shape index (κ2) is 7.52. The minimum atomic E-state index is -0.114. The number of benzene rings is 1. The highest BCUT2D eigenvalue weighted by atomic mass is 32.1. The number of hydrogen-bond acceptors (Lipinski definition) is 5. The number of aromatic nitrogens is 3. The van der Waals surface area contributed by atoms with Gasteiger partial charge in [-0.05, 0) is 46.5 Å². The molecule has 0 spiro atoms. The molecule has 0 amide bonds. The summed E-state index contributed by atoms with van der Waals surface area (Å²) in [6, 6.07) is 9.39. The van der Waals surface area contributed by atoms with Crippen molar-refractivity contribution >= 4 is 17.0 Å². The van der Waals surface area contributed by atoms with Crippen molar-refractivity contribution in [1.82, 2.24) is 14.6 Å². The van der Waals surface area contributed by atoms with Gasteiger partial charge in [-0.3, -0.25) is 9.89 Å². The van der Waals surface area contributed by atoms with E-state index in [1.807, 2.05) is 30.5 Å². The molecule has 1 aromatic carbocycles. The Hall–Kier alpha value is -3.06. The maximum atomic E-state index is 12.7. The molecule has 0 saturated carbocycles.